The van der Waals surface area contributed by atoms with Crippen LogP contribution in [0, 0.1) is 0 Å². The summed E-state index contributed by atoms with van der Waals surface area (Å²) in [5.74, 6) is -0.492. The lowest BCUT2D eigenvalue weighted by Crippen LogP contribution is -2.48. The van der Waals surface area contributed by atoms with Crippen molar-refractivity contribution in [1.29, 1.82) is 0 Å². The van der Waals surface area contributed by atoms with Crippen LogP contribution in [0.4, 0.5) is 0 Å². The predicted octanol–water partition coefficient (Wildman–Crippen LogP) is 0.583. The summed E-state index contributed by atoms with van der Waals surface area (Å²) in [6.07, 6.45) is 3.63. The van der Waals surface area contributed by atoms with E-state index >= 15 is 0 Å². The lowest BCUT2D eigenvalue weighted by atomic mass is 10.0. The van der Waals surface area contributed by atoms with Crippen LogP contribution in [-0.4, -0.2) is 49.4 Å². The molecule has 1 saturated heterocycles. The summed E-state index contributed by atoms with van der Waals surface area (Å²) < 4.78 is 0. The van der Waals surface area contributed by atoms with Gasteiger partial charge in [-0.1, -0.05) is 12.5 Å². The van der Waals surface area contributed by atoms with Crippen molar-refractivity contribution in [2.75, 3.05) is 26.7 Å². The number of hydrogen-bond acceptors (Lipinski definition) is 5. The standard InChI is InChI=1S/C14H22N4O2S/c1-18(9-11-5-2-3-7-15-11)10-13(19)16-17-14(20)12-6-4-8-21-12/h4,6,8,11,15H,2-3,5,7,9-10H2,1H3,(H,16,19)(H,17,20). The van der Waals surface area contributed by atoms with Crippen LogP contribution in [0.3, 0.4) is 0 Å². The molecule has 0 spiro atoms. The van der Waals surface area contributed by atoms with E-state index in [0.29, 0.717) is 10.9 Å². The molecule has 116 valence electrons. The van der Waals surface area contributed by atoms with Gasteiger partial charge in [0.25, 0.3) is 11.8 Å². The van der Waals surface area contributed by atoms with Gasteiger partial charge in [-0.25, -0.2) is 0 Å². The van der Waals surface area contributed by atoms with Crippen molar-refractivity contribution in [2.45, 2.75) is 25.3 Å². The van der Waals surface area contributed by atoms with Gasteiger partial charge >= 0.3 is 0 Å². The largest absolute Gasteiger partial charge is 0.313 e. The minimum atomic E-state index is -0.282. The Labute approximate surface area is 128 Å². The summed E-state index contributed by atoms with van der Waals surface area (Å²) >= 11 is 1.34. The Balaban J connectivity index is 1.65. The fourth-order valence-electron chi connectivity index (χ4n) is 2.40. The van der Waals surface area contributed by atoms with Gasteiger partial charge in [0.2, 0.25) is 0 Å². The van der Waals surface area contributed by atoms with Crippen molar-refractivity contribution in [3.05, 3.63) is 22.4 Å². The number of amides is 2. The Kier molecular flexibility index (Phi) is 6.16. The molecule has 2 rings (SSSR count). The fourth-order valence-corrected chi connectivity index (χ4v) is 3.02. The molecule has 0 radical (unpaired) electrons. The van der Waals surface area contributed by atoms with Crippen LogP contribution >= 0.6 is 11.3 Å². The molecule has 1 aromatic rings. The molecule has 3 N–H and O–H groups in total. The van der Waals surface area contributed by atoms with Crippen LogP contribution in [-0.2, 0) is 4.79 Å². The smallest absolute Gasteiger partial charge is 0.279 e. The normalized spacial score (nSPS) is 18.5. The highest BCUT2D eigenvalue weighted by molar-refractivity contribution is 7.12. The number of carbonyl (C=O) groups is 2. The SMILES string of the molecule is CN(CC(=O)NNC(=O)c1cccs1)CC1CCCCN1. The number of nitrogens with one attached hydrogen (secondary N) is 3. The van der Waals surface area contributed by atoms with E-state index in [1.54, 1.807) is 12.1 Å². The molecule has 1 unspecified atom stereocenters. The average molecular weight is 310 g/mol. The summed E-state index contributed by atoms with van der Waals surface area (Å²) in [6.45, 7) is 2.16. The topological polar surface area (TPSA) is 73.5 Å². The van der Waals surface area contributed by atoms with E-state index in [-0.39, 0.29) is 18.4 Å². The number of rotatable bonds is 5. The molecule has 2 amide bonds. The van der Waals surface area contributed by atoms with Crippen molar-refractivity contribution >= 4 is 23.2 Å². The first-order valence-electron chi connectivity index (χ1n) is 7.20. The number of hydrazine groups is 1. The van der Waals surface area contributed by atoms with Gasteiger partial charge < -0.3 is 5.32 Å². The Bertz CT molecular complexity index is 458. The number of likely N-dealkylation sites (N-methyl/N-ethyl adjacent to an activating group) is 1. The third kappa shape index (κ3) is 5.45. The molecule has 0 saturated carbocycles. The maximum atomic E-state index is 11.8. The van der Waals surface area contributed by atoms with Crippen LogP contribution in [0.25, 0.3) is 0 Å². The lowest BCUT2D eigenvalue weighted by molar-refractivity contribution is -0.122. The number of piperidine rings is 1. The van der Waals surface area contributed by atoms with Gasteiger partial charge in [-0.05, 0) is 37.9 Å². The predicted molar refractivity (Wildman–Crippen MR) is 83.1 cm³/mol. The second-order valence-corrected chi connectivity index (χ2v) is 6.27. The van der Waals surface area contributed by atoms with Gasteiger partial charge in [0, 0.05) is 12.6 Å². The van der Waals surface area contributed by atoms with Crippen LogP contribution in [0.5, 0.6) is 0 Å². The van der Waals surface area contributed by atoms with Gasteiger partial charge in [-0.15, -0.1) is 11.3 Å². The minimum absolute atomic E-state index is 0.210. The molecule has 2 heterocycles. The number of carbonyl (C=O) groups excluding carboxylic acids is 2. The molecule has 1 atom stereocenters. The van der Waals surface area contributed by atoms with E-state index in [4.69, 9.17) is 0 Å². The Morgan fingerprint density at radius 2 is 2.29 bits per heavy atom. The number of thiophene rings is 1. The third-order valence-corrected chi connectivity index (χ3v) is 4.29. The highest BCUT2D eigenvalue weighted by Gasteiger charge is 2.16. The van der Waals surface area contributed by atoms with E-state index in [9.17, 15) is 9.59 Å². The van der Waals surface area contributed by atoms with Crippen molar-refractivity contribution < 1.29 is 9.59 Å². The summed E-state index contributed by atoms with van der Waals surface area (Å²) in [5.41, 5.74) is 4.87. The highest BCUT2D eigenvalue weighted by Crippen LogP contribution is 2.08. The number of hydrogen-bond donors (Lipinski definition) is 3. The molecule has 21 heavy (non-hydrogen) atoms. The first-order valence-corrected chi connectivity index (χ1v) is 8.08. The zero-order valence-electron chi connectivity index (χ0n) is 12.2. The number of nitrogens with zero attached hydrogens (tertiary/aromatic N) is 1. The quantitative estimate of drug-likeness (QED) is 0.696. The molecule has 1 aliphatic heterocycles. The first-order chi connectivity index (χ1) is 10.1. The van der Waals surface area contributed by atoms with Crippen molar-refractivity contribution in [2.24, 2.45) is 0 Å². The van der Waals surface area contributed by atoms with Gasteiger partial charge in [0.1, 0.15) is 0 Å². The summed E-state index contributed by atoms with van der Waals surface area (Å²) in [6, 6.07) is 3.97. The van der Waals surface area contributed by atoms with Gasteiger partial charge in [-0.3, -0.25) is 25.3 Å². The third-order valence-electron chi connectivity index (χ3n) is 3.42. The Hall–Kier alpha value is -1.44. The molecular weight excluding hydrogens is 288 g/mol. The minimum Gasteiger partial charge on any atom is -0.313 e. The summed E-state index contributed by atoms with van der Waals surface area (Å²) in [5, 5.41) is 5.27. The molecular formula is C14H22N4O2S. The molecule has 0 bridgehead atoms. The zero-order chi connectivity index (χ0) is 15.1. The maximum absolute atomic E-state index is 11.8. The van der Waals surface area contributed by atoms with Crippen LogP contribution in [0.2, 0.25) is 0 Å². The highest BCUT2D eigenvalue weighted by atomic mass is 32.1. The van der Waals surface area contributed by atoms with E-state index < -0.39 is 0 Å². The van der Waals surface area contributed by atoms with E-state index in [1.807, 2.05) is 17.3 Å². The molecule has 1 aliphatic rings. The summed E-state index contributed by atoms with van der Waals surface area (Å²) in [7, 11) is 1.91. The Morgan fingerprint density at radius 1 is 1.43 bits per heavy atom. The second-order valence-electron chi connectivity index (χ2n) is 5.32. The van der Waals surface area contributed by atoms with E-state index in [0.717, 1.165) is 19.5 Å². The second kappa shape index (κ2) is 8.11. The zero-order valence-corrected chi connectivity index (χ0v) is 13.0. The van der Waals surface area contributed by atoms with Gasteiger partial charge in [-0.2, -0.15) is 0 Å². The van der Waals surface area contributed by atoms with Crippen LogP contribution in [0.1, 0.15) is 28.9 Å². The maximum Gasteiger partial charge on any atom is 0.279 e. The average Bonchev–Trinajstić information content (AvgIpc) is 3.00. The molecule has 1 aromatic heterocycles. The Morgan fingerprint density at radius 3 is 2.95 bits per heavy atom. The van der Waals surface area contributed by atoms with Crippen LogP contribution in [0.15, 0.2) is 17.5 Å². The molecule has 7 heteroatoms. The van der Waals surface area contributed by atoms with Gasteiger partial charge in [0.05, 0.1) is 11.4 Å². The van der Waals surface area contributed by atoms with E-state index in [1.165, 1.54) is 24.2 Å². The van der Waals surface area contributed by atoms with Crippen molar-refractivity contribution in [1.82, 2.24) is 21.1 Å². The van der Waals surface area contributed by atoms with E-state index in [2.05, 4.69) is 16.2 Å². The molecule has 1 fully saturated rings. The van der Waals surface area contributed by atoms with Crippen molar-refractivity contribution in [3.63, 3.8) is 0 Å². The van der Waals surface area contributed by atoms with Crippen LogP contribution < -0.4 is 16.2 Å². The molecule has 6 nitrogen and oxygen atoms in total. The van der Waals surface area contributed by atoms with Crippen molar-refractivity contribution in [3.8, 4) is 0 Å². The fraction of sp³-hybridized carbons (Fsp3) is 0.571. The lowest BCUT2D eigenvalue weighted by Gasteiger charge is -2.27. The monoisotopic (exact) mass is 310 g/mol. The summed E-state index contributed by atoms with van der Waals surface area (Å²) in [4.78, 5) is 26.0. The van der Waals surface area contributed by atoms with Gasteiger partial charge in [0.15, 0.2) is 0 Å². The molecule has 0 aromatic carbocycles. The first kappa shape index (κ1) is 15.9. The molecule has 0 aliphatic carbocycles.